The fourth-order valence-electron chi connectivity index (χ4n) is 4.84. The molecule has 1 aromatic heterocycles. The molecule has 276 valence electrons. The van der Waals surface area contributed by atoms with E-state index in [1.165, 1.54) is 17.4 Å². The van der Waals surface area contributed by atoms with E-state index in [4.69, 9.17) is 5.11 Å². The van der Waals surface area contributed by atoms with Gasteiger partial charge in [0.05, 0.1) is 32.5 Å². The molecule has 20 heteroatoms. The lowest BCUT2D eigenvalue weighted by Crippen LogP contribution is -2.55. The summed E-state index contributed by atoms with van der Waals surface area (Å²) in [5.74, 6) is -6.21. The fourth-order valence-corrected chi connectivity index (χ4v) is 4.84. The van der Waals surface area contributed by atoms with Crippen molar-refractivity contribution in [2.45, 2.75) is 71.0 Å². The average Bonchev–Trinajstić information content (AvgIpc) is 3.78. The smallest absolute Gasteiger partial charge is 0.322 e. The second kappa shape index (κ2) is 20.7. The van der Waals surface area contributed by atoms with Gasteiger partial charge in [0.1, 0.15) is 24.7 Å². The van der Waals surface area contributed by atoms with Crippen molar-refractivity contribution >= 4 is 53.2 Å². The maximum absolute atomic E-state index is 13.2. The van der Waals surface area contributed by atoms with Crippen molar-refractivity contribution in [1.82, 2.24) is 52.1 Å². The zero-order valence-corrected chi connectivity index (χ0v) is 28.3. The highest BCUT2D eigenvalue weighted by Gasteiger charge is 2.36. The van der Waals surface area contributed by atoms with E-state index < -0.39 is 91.6 Å². The number of amides is 8. The van der Waals surface area contributed by atoms with Crippen molar-refractivity contribution in [3.8, 4) is 0 Å². The van der Waals surface area contributed by atoms with Crippen LogP contribution in [0.15, 0.2) is 12.5 Å². The summed E-state index contributed by atoms with van der Waals surface area (Å²) in [4.78, 5) is 119. The molecule has 0 aliphatic carbocycles. The van der Waals surface area contributed by atoms with E-state index in [9.17, 15) is 43.2 Å². The highest BCUT2D eigenvalue weighted by molar-refractivity contribution is 5.95. The van der Waals surface area contributed by atoms with E-state index in [0.29, 0.717) is 18.5 Å². The quantitative estimate of drug-likeness (QED) is 0.0630. The van der Waals surface area contributed by atoms with E-state index in [1.807, 2.05) is 13.8 Å². The first-order valence-corrected chi connectivity index (χ1v) is 16.1. The van der Waals surface area contributed by atoms with Gasteiger partial charge in [-0.3, -0.25) is 43.2 Å². The van der Waals surface area contributed by atoms with Gasteiger partial charge in [0.25, 0.3) is 0 Å². The molecule has 8 amide bonds. The number of hydrogen-bond acceptors (Lipinski definition) is 10. The molecule has 0 spiro atoms. The lowest BCUT2D eigenvalue weighted by Gasteiger charge is -2.27. The van der Waals surface area contributed by atoms with Gasteiger partial charge < -0.3 is 52.2 Å². The summed E-state index contributed by atoms with van der Waals surface area (Å²) in [6, 6.07) is -3.15. The summed E-state index contributed by atoms with van der Waals surface area (Å²) in [6.45, 7) is 3.06. The molecule has 1 saturated heterocycles. The maximum atomic E-state index is 13.2. The van der Waals surface area contributed by atoms with Crippen molar-refractivity contribution in [2.24, 2.45) is 5.92 Å². The SMILES string of the molecule is CCC(=O)NCC(=O)NCC(=O)NCC(=O)N[C@@H](Cc1cnc[nH]1)C(=O)NCC(=O)N1CCC[C@H]1C(=O)N[C@@H](CC(C)C)C(=O)NCC(=O)O. The van der Waals surface area contributed by atoms with Crippen LogP contribution in [0.3, 0.4) is 0 Å². The minimum absolute atomic E-state index is 0.0153. The average molecular weight is 707 g/mol. The normalized spacial score (nSPS) is 14.9. The third-order valence-corrected chi connectivity index (χ3v) is 7.33. The number of carboxylic acid groups (broad SMARTS) is 1. The standard InChI is InChI=1S/C30H46N10O10/c1-4-22(41)32-11-23(42)33-12-24(43)34-13-25(44)38-20(9-18-10-31-16-37-18)29(49)35-14-26(45)40-7-5-6-21(40)30(50)39-19(8-17(2)3)28(48)36-15-27(46)47/h10,16-17,19-21H,4-9,11-15H2,1-3H3,(H,31,37)(H,32,41)(H,33,42)(H,34,43)(H,35,49)(H,36,48)(H,38,44)(H,39,50)(H,46,47)/t19-,20-,21-/m0/s1. The molecule has 0 unspecified atom stereocenters. The first kappa shape index (κ1) is 40.6. The minimum atomic E-state index is -1.24. The number of hydrogen-bond donors (Lipinski definition) is 9. The number of nitrogens with zero attached hydrogens (tertiary/aromatic N) is 2. The van der Waals surface area contributed by atoms with Crippen LogP contribution >= 0.6 is 0 Å². The van der Waals surface area contributed by atoms with Gasteiger partial charge in [0.15, 0.2) is 0 Å². The predicted octanol–water partition coefficient (Wildman–Crippen LogP) is -3.97. The van der Waals surface area contributed by atoms with E-state index in [2.05, 4.69) is 47.2 Å². The first-order chi connectivity index (χ1) is 23.7. The van der Waals surface area contributed by atoms with Gasteiger partial charge in [-0.2, -0.15) is 0 Å². The summed E-state index contributed by atoms with van der Waals surface area (Å²) >= 11 is 0. The van der Waals surface area contributed by atoms with Crippen LogP contribution in [0.2, 0.25) is 0 Å². The molecule has 20 nitrogen and oxygen atoms in total. The summed E-state index contributed by atoms with van der Waals surface area (Å²) in [5, 5.41) is 25.7. The molecule has 3 atom stereocenters. The molecule has 2 rings (SSSR count). The van der Waals surface area contributed by atoms with E-state index in [1.54, 1.807) is 6.92 Å². The number of imidazole rings is 1. The lowest BCUT2D eigenvalue weighted by atomic mass is 10.0. The molecule has 0 bridgehead atoms. The molecule has 1 aliphatic rings. The molecular weight excluding hydrogens is 660 g/mol. The van der Waals surface area contributed by atoms with Crippen LogP contribution in [-0.4, -0.2) is 131 Å². The molecule has 9 N–H and O–H groups in total. The Morgan fingerprint density at radius 1 is 0.820 bits per heavy atom. The summed E-state index contributed by atoms with van der Waals surface area (Å²) in [5.41, 5.74) is 0.485. The fraction of sp³-hybridized carbons (Fsp3) is 0.600. The van der Waals surface area contributed by atoms with Crippen molar-refractivity contribution < 1.29 is 48.3 Å². The molecule has 2 heterocycles. The number of aliphatic carboxylic acids is 1. The number of nitrogens with one attached hydrogen (secondary N) is 8. The Balaban J connectivity index is 1.94. The molecule has 50 heavy (non-hydrogen) atoms. The van der Waals surface area contributed by atoms with Gasteiger partial charge in [0.2, 0.25) is 47.3 Å². The Kier molecular flexibility index (Phi) is 16.8. The number of H-pyrrole nitrogens is 1. The van der Waals surface area contributed by atoms with E-state index in [-0.39, 0.29) is 44.2 Å². The van der Waals surface area contributed by atoms with Gasteiger partial charge in [-0.1, -0.05) is 20.8 Å². The van der Waals surface area contributed by atoms with Crippen molar-refractivity contribution in [2.75, 3.05) is 39.3 Å². The number of carbonyl (C=O) groups excluding carboxylic acids is 8. The predicted molar refractivity (Wildman–Crippen MR) is 173 cm³/mol. The number of rotatable bonds is 20. The summed E-state index contributed by atoms with van der Waals surface area (Å²) < 4.78 is 0. The molecule has 1 aromatic rings. The third-order valence-electron chi connectivity index (χ3n) is 7.33. The monoisotopic (exact) mass is 706 g/mol. The Morgan fingerprint density at radius 2 is 1.42 bits per heavy atom. The highest BCUT2D eigenvalue weighted by atomic mass is 16.4. The minimum Gasteiger partial charge on any atom is -0.480 e. The molecule has 0 saturated carbocycles. The number of aromatic amines is 1. The second-order valence-corrected chi connectivity index (χ2v) is 11.9. The van der Waals surface area contributed by atoms with Crippen LogP contribution in [0.5, 0.6) is 0 Å². The Bertz CT molecular complexity index is 1380. The van der Waals surface area contributed by atoms with Crippen LogP contribution in [-0.2, 0) is 49.6 Å². The molecule has 0 aromatic carbocycles. The van der Waals surface area contributed by atoms with Gasteiger partial charge >= 0.3 is 5.97 Å². The second-order valence-electron chi connectivity index (χ2n) is 11.9. The largest absolute Gasteiger partial charge is 0.480 e. The van der Waals surface area contributed by atoms with Gasteiger partial charge in [0, 0.05) is 31.3 Å². The third kappa shape index (κ3) is 14.7. The maximum Gasteiger partial charge on any atom is 0.322 e. The van der Waals surface area contributed by atoms with Crippen LogP contribution in [0.1, 0.15) is 52.1 Å². The van der Waals surface area contributed by atoms with Crippen LogP contribution in [0, 0.1) is 5.92 Å². The highest BCUT2D eigenvalue weighted by Crippen LogP contribution is 2.18. The lowest BCUT2D eigenvalue weighted by molar-refractivity contribution is -0.140. The van der Waals surface area contributed by atoms with Gasteiger partial charge in [-0.25, -0.2) is 4.98 Å². The van der Waals surface area contributed by atoms with Crippen LogP contribution in [0.25, 0.3) is 0 Å². The Hall–Kier alpha value is -5.56. The summed E-state index contributed by atoms with van der Waals surface area (Å²) in [6.07, 6.45) is 3.98. The number of carboxylic acids is 1. The number of carbonyl (C=O) groups is 9. The Labute approximate surface area is 288 Å². The van der Waals surface area contributed by atoms with Crippen LogP contribution in [0.4, 0.5) is 0 Å². The molecule has 0 radical (unpaired) electrons. The molecule has 1 aliphatic heterocycles. The van der Waals surface area contributed by atoms with Crippen molar-refractivity contribution in [1.29, 1.82) is 0 Å². The topological polar surface area (TPSA) is 290 Å². The zero-order chi connectivity index (χ0) is 37.2. The molecule has 1 fully saturated rings. The van der Waals surface area contributed by atoms with E-state index in [0.717, 1.165) is 0 Å². The van der Waals surface area contributed by atoms with Crippen LogP contribution < -0.4 is 37.2 Å². The Morgan fingerprint density at radius 3 is 2.00 bits per heavy atom. The van der Waals surface area contributed by atoms with Gasteiger partial charge in [-0.15, -0.1) is 0 Å². The van der Waals surface area contributed by atoms with Gasteiger partial charge in [-0.05, 0) is 25.2 Å². The zero-order valence-electron chi connectivity index (χ0n) is 28.3. The van der Waals surface area contributed by atoms with E-state index >= 15 is 0 Å². The molecular formula is C30H46N10O10. The summed E-state index contributed by atoms with van der Waals surface area (Å²) in [7, 11) is 0. The van der Waals surface area contributed by atoms with Crippen molar-refractivity contribution in [3.63, 3.8) is 0 Å². The first-order valence-electron chi connectivity index (χ1n) is 16.1. The number of likely N-dealkylation sites (tertiary alicyclic amines) is 1. The number of aromatic nitrogens is 2. The van der Waals surface area contributed by atoms with Crippen molar-refractivity contribution in [3.05, 3.63) is 18.2 Å².